The van der Waals surface area contributed by atoms with Crippen LogP contribution in [0.25, 0.3) is 0 Å². The van der Waals surface area contributed by atoms with Gasteiger partial charge < -0.3 is 19.6 Å². The van der Waals surface area contributed by atoms with Crippen LogP contribution in [0.2, 0.25) is 0 Å². The summed E-state index contributed by atoms with van der Waals surface area (Å²) in [5.41, 5.74) is 5.27. The van der Waals surface area contributed by atoms with Crippen LogP contribution in [0, 0.1) is 5.92 Å². The predicted octanol–water partition coefficient (Wildman–Crippen LogP) is 3.07. The minimum atomic E-state index is -0.815. The van der Waals surface area contributed by atoms with E-state index in [4.69, 9.17) is 4.74 Å². The largest absolute Gasteiger partial charge is 0.465 e. The zero-order valence-corrected chi connectivity index (χ0v) is 14.3. The summed E-state index contributed by atoms with van der Waals surface area (Å²) in [5.74, 6) is 1.50. The predicted molar refractivity (Wildman–Crippen MR) is 92.8 cm³/mol. The van der Waals surface area contributed by atoms with Crippen molar-refractivity contribution in [1.82, 2.24) is 4.90 Å². The van der Waals surface area contributed by atoms with Crippen molar-refractivity contribution in [2.24, 2.45) is 5.92 Å². The van der Waals surface area contributed by atoms with Crippen molar-refractivity contribution in [2.75, 3.05) is 38.3 Å². The van der Waals surface area contributed by atoms with E-state index in [9.17, 15) is 9.90 Å². The first kappa shape index (κ1) is 15.8. The van der Waals surface area contributed by atoms with Crippen molar-refractivity contribution in [3.63, 3.8) is 0 Å². The van der Waals surface area contributed by atoms with E-state index in [1.165, 1.54) is 41.6 Å². The first-order chi connectivity index (χ1) is 11.7. The molecule has 1 amide bonds. The monoisotopic (exact) mass is 330 g/mol. The van der Waals surface area contributed by atoms with E-state index in [0.717, 1.165) is 25.4 Å². The molecule has 2 heterocycles. The van der Waals surface area contributed by atoms with Crippen LogP contribution in [0.4, 0.5) is 10.5 Å². The fourth-order valence-corrected chi connectivity index (χ4v) is 4.40. The Morgan fingerprint density at radius 3 is 2.79 bits per heavy atom. The Morgan fingerprint density at radius 1 is 1.25 bits per heavy atom. The molecule has 1 N–H and O–H groups in total. The molecule has 0 spiro atoms. The molecule has 1 aromatic rings. The van der Waals surface area contributed by atoms with Gasteiger partial charge in [0.15, 0.2) is 0 Å². The van der Waals surface area contributed by atoms with Crippen molar-refractivity contribution in [1.29, 1.82) is 0 Å². The maximum atomic E-state index is 11.5. The van der Waals surface area contributed by atoms with E-state index in [2.05, 4.69) is 17.0 Å². The third-order valence-electron chi connectivity index (χ3n) is 5.76. The van der Waals surface area contributed by atoms with Crippen LogP contribution in [0.3, 0.4) is 0 Å². The molecule has 2 aliphatic heterocycles. The van der Waals surface area contributed by atoms with Crippen molar-refractivity contribution in [3.8, 4) is 0 Å². The fraction of sp³-hybridized carbons (Fsp3) is 0.632. The second kappa shape index (κ2) is 6.28. The standard InChI is InChI=1S/C19H26N2O3/c1-24-9-5-13-10-15-12-21(19(22)23)8-7-20-6-4-16(14-2-3-14)17(11-13)18(15)20/h10-11,14,16H,2-9,12H2,1H3,(H,22,23). The Balaban J connectivity index is 1.77. The Bertz CT molecular complexity index is 642. The lowest BCUT2D eigenvalue weighted by molar-refractivity contribution is 0.144. The number of anilines is 1. The van der Waals surface area contributed by atoms with E-state index in [0.29, 0.717) is 25.6 Å². The van der Waals surface area contributed by atoms with Gasteiger partial charge in [-0.05, 0) is 54.2 Å². The molecule has 0 bridgehead atoms. The number of nitrogens with zero attached hydrogens (tertiary/aromatic N) is 2. The van der Waals surface area contributed by atoms with Gasteiger partial charge in [-0.1, -0.05) is 12.1 Å². The number of benzene rings is 1. The Morgan fingerprint density at radius 2 is 2.08 bits per heavy atom. The number of hydrogen-bond donors (Lipinski definition) is 1. The number of methoxy groups -OCH3 is 1. The topological polar surface area (TPSA) is 53.0 Å². The molecule has 1 atom stereocenters. The lowest BCUT2D eigenvalue weighted by atomic mass is 9.83. The van der Waals surface area contributed by atoms with Crippen LogP contribution in [0.15, 0.2) is 12.1 Å². The van der Waals surface area contributed by atoms with Crippen molar-refractivity contribution >= 4 is 11.8 Å². The van der Waals surface area contributed by atoms with Gasteiger partial charge in [-0.25, -0.2) is 4.79 Å². The van der Waals surface area contributed by atoms with Gasteiger partial charge in [-0.2, -0.15) is 0 Å². The zero-order chi connectivity index (χ0) is 16.7. The molecule has 1 unspecified atom stereocenters. The lowest BCUT2D eigenvalue weighted by Gasteiger charge is -2.36. The van der Waals surface area contributed by atoms with Gasteiger partial charge in [0.05, 0.1) is 13.2 Å². The second-order valence-corrected chi connectivity index (χ2v) is 7.36. The third kappa shape index (κ3) is 2.86. The number of carboxylic acid groups (broad SMARTS) is 1. The molecule has 4 rings (SSSR count). The Labute approximate surface area is 143 Å². The molecule has 0 aromatic heterocycles. The van der Waals surface area contributed by atoms with E-state index in [1.54, 1.807) is 12.0 Å². The highest BCUT2D eigenvalue weighted by Gasteiger charge is 2.39. The summed E-state index contributed by atoms with van der Waals surface area (Å²) in [6, 6.07) is 4.59. The van der Waals surface area contributed by atoms with Gasteiger partial charge in [0.25, 0.3) is 0 Å². The fourth-order valence-electron chi connectivity index (χ4n) is 4.40. The molecule has 1 saturated carbocycles. The lowest BCUT2D eigenvalue weighted by Crippen LogP contribution is -2.37. The molecule has 0 radical (unpaired) electrons. The SMILES string of the molecule is COCCc1cc2c3c(c1)C(C1CC1)CCN3CCN(C(=O)O)C2. The number of amides is 1. The number of hydrogen-bond acceptors (Lipinski definition) is 3. The maximum absolute atomic E-state index is 11.5. The van der Waals surface area contributed by atoms with E-state index in [-0.39, 0.29) is 0 Å². The van der Waals surface area contributed by atoms with Gasteiger partial charge in [-0.3, -0.25) is 0 Å². The summed E-state index contributed by atoms with van der Waals surface area (Å²) >= 11 is 0. The highest BCUT2D eigenvalue weighted by molar-refractivity contribution is 5.69. The molecular weight excluding hydrogens is 304 g/mol. The third-order valence-corrected chi connectivity index (χ3v) is 5.76. The molecule has 130 valence electrons. The van der Waals surface area contributed by atoms with Crippen molar-refractivity contribution in [3.05, 3.63) is 28.8 Å². The van der Waals surface area contributed by atoms with Crippen LogP contribution in [0.1, 0.15) is 41.9 Å². The summed E-state index contributed by atoms with van der Waals surface area (Å²) in [6.07, 6.45) is 3.98. The average Bonchev–Trinajstić information content (AvgIpc) is 3.40. The summed E-state index contributed by atoms with van der Waals surface area (Å²) in [4.78, 5) is 15.5. The second-order valence-electron chi connectivity index (χ2n) is 7.36. The van der Waals surface area contributed by atoms with Crippen LogP contribution in [0.5, 0.6) is 0 Å². The molecular formula is C19H26N2O3. The number of rotatable bonds is 4. The Hall–Kier alpha value is -1.75. The summed E-state index contributed by atoms with van der Waals surface area (Å²) < 4.78 is 5.25. The van der Waals surface area contributed by atoms with E-state index >= 15 is 0 Å². The van der Waals surface area contributed by atoms with Crippen LogP contribution < -0.4 is 4.90 Å². The van der Waals surface area contributed by atoms with E-state index in [1.807, 2.05) is 0 Å². The van der Waals surface area contributed by atoms with Crippen LogP contribution >= 0.6 is 0 Å². The van der Waals surface area contributed by atoms with Crippen LogP contribution in [-0.2, 0) is 17.7 Å². The minimum absolute atomic E-state index is 0.506. The smallest absolute Gasteiger partial charge is 0.407 e. The highest BCUT2D eigenvalue weighted by Crippen LogP contribution is 2.51. The number of carbonyl (C=O) groups is 1. The molecule has 5 heteroatoms. The van der Waals surface area contributed by atoms with Crippen molar-refractivity contribution < 1.29 is 14.6 Å². The molecule has 1 fully saturated rings. The summed E-state index contributed by atoms with van der Waals surface area (Å²) in [5, 5.41) is 9.48. The minimum Gasteiger partial charge on any atom is -0.465 e. The summed E-state index contributed by atoms with van der Waals surface area (Å²) in [6.45, 7) is 3.67. The molecule has 0 saturated heterocycles. The van der Waals surface area contributed by atoms with Gasteiger partial charge in [0, 0.05) is 32.4 Å². The first-order valence-corrected chi connectivity index (χ1v) is 9.05. The Kier molecular flexibility index (Phi) is 4.12. The van der Waals surface area contributed by atoms with Crippen molar-refractivity contribution in [2.45, 2.75) is 38.1 Å². The van der Waals surface area contributed by atoms with Gasteiger partial charge in [-0.15, -0.1) is 0 Å². The quantitative estimate of drug-likeness (QED) is 0.922. The van der Waals surface area contributed by atoms with Crippen LogP contribution in [-0.4, -0.2) is 49.5 Å². The first-order valence-electron chi connectivity index (χ1n) is 9.05. The van der Waals surface area contributed by atoms with Gasteiger partial charge in [0.2, 0.25) is 0 Å². The highest BCUT2D eigenvalue weighted by atomic mass is 16.5. The molecule has 3 aliphatic rings. The molecule has 1 aliphatic carbocycles. The maximum Gasteiger partial charge on any atom is 0.407 e. The molecule has 5 nitrogen and oxygen atoms in total. The number of ether oxygens (including phenoxy) is 1. The van der Waals surface area contributed by atoms with Gasteiger partial charge >= 0.3 is 6.09 Å². The average molecular weight is 330 g/mol. The van der Waals surface area contributed by atoms with E-state index < -0.39 is 6.09 Å². The molecule has 24 heavy (non-hydrogen) atoms. The summed E-state index contributed by atoms with van der Waals surface area (Å²) in [7, 11) is 1.73. The normalized spacial score (nSPS) is 23.0. The van der Waals surface area contributed by atoms with Gasteiger partial charge in [0.1, 0.15) is 0 Å². The zero-order valence-electron chi connectivity index (χ0n) is 14.3. The molecule has 1 aromatic carbocycles.